The number of imide groups is 1. The smallest absolute Gasteiger partial charge is 0.414 e. The first kappa shape index (κ1) is 28.8. The van der Waals surface area contributed by atoms with E-state index in [2.05, 4.69) is 42.9 Å². The Morgan fingerprint density at radius 1 is 1.10 bits per heavy atom. The van der Waals surface area contributed by atoms with Crippen molar-refractivity contribution in [1.29, 1.82) is 0 Å². The third kappa shape index (κ3) is 4.55. The Morgan fingerprint density at radius 2 is 1.83 bits per heavy atom. The van der Waals surface area contributed by atoms with Crippen LogP contribution in [0.4, 0.5) is 4.79 Å². The third-order valence-electron chi connectivity index (χ3n) is 12.6. The van der Waals surface area contributed by atoms with Gasteiger partial charge in [-0.15, -0.1) is 0 Å². The molecule has 41 heavy (non-hydrogen) atoms. The normalized spacial score (nSPS) is 45.0. The van der Waals surface area contributed by atoms with Crippen molar-refractivity contribution in [1.82, 2.24) is 15.2 Å². The zero-order chi connectivity index (χ0) is 29.2. The molecule has 0 aromatic carbocycles. The van der Waals surface area contributed by atoms with Gasteiger partial charge in [-0.25, -0.2) is 4.79 Å². The van der Waals surface area contributed by atoms with Gasteiger partial charge in [-0.3, -0.25) is 19.9 Å². The number of ketones is 1. The molecule has 5 aliphatic rings. The van der Waals surface area contributed by atoms with Crippen LogP contribution in [0.25, 0.3) is 0 Å². The molecule has 3 aliphatic carbocycles. The molecule has 8 heteroatoms. The number of hydrogen-bond acceptors (Lipinski definition) is 7. The van der Waals surface area contributed by atoms with Gasteiger partial charge in [-0.1, -0.05) is 27.7 Å². The second-order valence-electron chi connectivity index (χ2n) is 14.5. The summed E-state index contributed by atoms with van der Waals surface area (Å²) in [5, 5.41) is 2.63. The fraction of sp³-hybridized carbons (Fsp3) is 0.758. The van der Waals surface area contributed by atoms with Crippen LogP contribution in [0.2, 0.25) is 0 Å². The first-order valence-electron chi connectivity index (χ1n) is 15.7. The summed E-state index contributed by atoms with van der Waals surface area (Å²) in [5.74, 6) is 0.365. The highest BCUT2D eigenvalue weighted by Gasteiger charge is 2.68. The Morgan fingerprint density at radius 3 is 2.49 bits per heavy atom. The van der Waals surface area contributed by atoms with Crippen molar-refractivity contribution in [2.24, 2.45) is 45.8 Å². The lowest BCUT2D eigenvalue weighted by Crippen LogP contribution is -2.63. The lowest BCUT2D eigenvalue weighted by Gasteiger charge is -2.61. The number of nitrogens with one attached hydrogen (secondary N) is 1. The number of methoxy groups -OCH3 is 1. The molecule has 1 aromatic rings. The molecule has 2 amide bonds. The van der Waals surface area contributed by atoms with Gasteiger partial charge in [0.2, 0.25) is 5.91 Å². The van der Waals surface area contributed by atoms with Crippen LogP contribution in [0.5, 0.6) is 0 Å². The maximum absolute atomic E-state index is 14.6. The van der Waals surface area contributed by atoms with Gasteiger partial charge in [0, 0.05) is 55.3 Å². The molecular formula is C33H47N3O5. The van der Waals surface area contributed by atoms with Gasteiger partial charge >= 0.3 is 6.09 Å². The standard InChI is InChI=1S/C33H47N3O5/c1-20-6-11-33-12-7-25(40-5)27(33)32(20,4)26(41-30(39)35-29(38)24-19-36-15-10-23(24)18-36)17-31(3,28(37)21(33)2)16-22-8-13-34-14-9-22/h8-9,13-14,20-21,23-27H,6-7,10-12,15-19H2,1-5H3,(H,35,38,39)/t20-,21+,23+,24+,25-,26-,27?,31-,32+,33?/m1/s1. The number of nitrogens with zero attached hydrogens (tertiary/aromatic N) is 2. The number of rotatable bonds is 5. The van der Waals surface area contributed by atoms with Gasteiger partial charge in [-0.2, -0.15) is 0 Å². The number of aromatic nitrogens is 1. The van der Waals surface area contributed by atoms with Crippen LogP contribution < -0.4 is 5.32 Å². The van der Waals surface area contributed by atoms with E-state index < -0.39 is 23.0 Å². The van der Waals surface area contributed by atoms with Gasteiger partial charge in [0.15, 0.2) is 0 Å². The highest BCUT2D eigenvalue weighted by atomic mass is 16.6. The van der Waals surface area contributed by atoms with Crippen molar-refractivity contribution in [3.8, 4) is 0 Å². The number of Topliss-reactive ketones (excluding diaryl/α,β-unsaturated/α-hetero) is 1. The van der Waals surface area contributed by atoms with E-state index in [1.807, 2.05) is 12.1 Å². The molecular weight excluding hydrogens is 518 g/mol. The van der Waals surface area contributed by atoms with Crippen molar-refractivity contribution in [2.45, 2.75) is 84.8 Å². The predicted octanol–water partition coefficient (Wildman–Crippen LogP) is 4.66. The van der Waals surface area contributed by atoms with Crippen LogP contribution in [0.1, 0.15) is 71.8 Å². The van der Waals surface area contributed by atoms with Crippen molar-refractivity contribution < 1.29 is 23.9 Å². The van der Waals surface area contributed by atoms with Crippen LogP contribution in [-0.4, -0.2) is 66.6 Å². The maximum atomic E-state index is 14.6. The number of fused-ring (bicyclic) bond motifs is 2. The summed E-state index contributed by atoms with van der Waals surface area (Å²) in [6, 6.07) is 3.94. The number of ether oxygens (including phenoxy) is 2. The molecule has 8 nitrogen and oxygen atoms in total. The highest BCUT2D eigenvalue weighted by Crippen LogP contribution is 2.68. The topological polar surface area (TPSA) is 97.8 Å². The molecule has 1 aromatic heterocycles. The van der Waals surface area contributed by atoms with E-state index in [0.29, 0.717) is 25.3 Å². The van der Waals surface area contributed by atoms with Crippen molar-refractivity contribution in [3.63, 3.8) is 0 Å². The van der Waals surface area contributed by atoms with E-state index >= 15 is 0 Å². The molecule has 2 aliphatic heterocycles. The minimum absolute atomic E-state index is 0.00133. The van der Waals surface area contributed by atoms with Gasteiger partial charge < -0.3 is 14.4 Å². The first-order chi connectivity index (χ1) is 19.5. The molecule has 11 atom stereocenters. The molecule has 224 valence electrons. The van der Waals surface area contributed by atoms with E-state index in [9.17, 15) is 14.4 Å². The largest absolute Gasteiger partial charge is 0.445 e. The number of carbonyl (C=O) groups excluding carboxylic acids is 3. The lowest BCUT2D eigenvalue weighted by molar-refractivity contribution is -0.192. The number of piperidine rings is 1. The molecule has 6 rings (SSSR count). The molecule has 2 saturated heterocycles. The van der Waals surface area contributed by atoms with E-state index in [4.69, 9.17) is 9.47 Å². The number of hydrogen-bond donors (Lipinski definition) is 1. The Balaban J connectivity index is 1.36. The van der Waals surface area contributed by atoms with Crippen LogP contribution >= 0.6 is 0 Å². The Bertz CT molecular complexity index is 1190. The third-order valence-corrected chi connectivity index (χ3v) is 12.6. The Kier molecular flexibility index (Phi) is 7.33. The molecule has 5 fully saturated rings. The maximum Gasteiger partial charge on any atom is 0.414 e. The predicted molar refractivity (Wildman–Crippen MR) is 154 cm³/mol. The molecule has 3 saturated carbocycles. The van der Waals surface area contributed by atoms with Crippen LogP contribution in [-0.2, 0) is 25.5 Å². The summed E-state index contributed by atoms with van der Waals surface area (Å²) in [5.41, 5.74) is -0.311. The summed E-state index contributed by atoms with van der Waals surface area (Å²) in [7, 11) is 1.78. The van der Waals surface area contributed by atoms with Gasteiger partial charge in [0.05, 0.1) is 12.0 Å². The fourth-order valence-corrected chi connectivity index (χ4v) is 10.2. The summed E-state index contributed by atoms with van der Waals surface area (Å²) < 4.78 is 12.5. The van der Waals surface area contributed by atoms with Crippen LogP contribution in [0.15, 0.2) is 24.5 Å². The van der Waals surface area contributed by atoms with Crippen molar-refractivity contribution in [2.75, 3.05) is 26.7 Å². The van der Waals surface area contributed by atoms with Crippen molar-refractivity contribution in [3.05, 3.63) is 30.1 Å². The summed E-state index contributed by atoms with van der Waals surface area (Å²) >= 11 is 0. The minimum Gasteiger partial charge on any atom is -0.445 e. The van der Waals surface area contributed by atoms with Gasteiger partial charge in [0.1, 0.15) is 11.9 Å². The van der Waals surface area contributed by atoms with E-state index in [1.54, 1.807) is 19.5 Å². The fourth-order valence-electron chi connectivity index (χ4n) is 10.2. The minimum atomic E-state index is -0.741. The molecule has 1 N–H and O–H groups in total. The number of alkyl carbamates (subject to hydrolysis) is 1. The average molecular weight is 566 g/mol. The second-order valence-corrected chi connectivity index (χ2v) is 14.5. The quantitative estimate of drug-likeness (QED) is 0.555. The molecule has 4 bridgehead atoms. The monoisotopic (exact) mass is 565 g/mol. The van der Waals surface area contributed by atoms with E-state index in [0.717, 1.165) is 50.8 Å². The highest BCUT2D eigenvalue weighted by molar-refractivity contribution is 5.94. The van der Waals surface area contributed by atoms with E-state index in [1.165, 1.54) is 0 Å². The van der Waals surface area contributed by atoms with Gasteiger partial charge in [0.25, 0.3) is 0 Å². The molecule has 3 heterocycles. The second kappa shape index (κ2) is 10.4. The number of amides is 2. The first-order valence-corrected chi connectivity index (χ1v) is 15.7. The SMILES string of the molecule is CO[C@@H]1CCC23CC[C@@H](C)[C@](C)(C12)[C@H](OC(=O)NC(=O)[C@H]1CN2CC[C@H]1C2)C[C@@](C)(Cc1ccncc1)C(=O)[C@@H]3C. The van der Waals surface area contributed by atoms with Gasteiger partial charge in [-0.05, 0) is 86.4 Å². The number of carbonyl (C=O) groups is 3. The summed E-state index contributed by atoms with van der Waals surface area (Å²) in [6.45, 7) is 11.4. The summed E-state index contributed by atoms with van der Waals surface area (Å²) in [6.07, 6.45) is 8.06. The average Bonchev–Trinajstić information content (AvgIpc) is 3.69. The zero-order valence-corrected chi connectivity index (χ0v) is 25.4. The van der Waals surface area contributed by atoms with Crippen molar-refractivity contribution >= 4 is 17.8 Å². The zero-order valence-electron chi connectivity index (χ0n) is 25.4. The number of pyridine rings is 1. The lowest BCUT2D eigenvalue weighted by atomic mass is 9.43. The van der Waals surface area contributed by atoms with Crippen LogP contribution in [0.3, 0.4) is 0 Å². The Labute approximate surface area is 244 Å². The Hall–Kier alpha value is -2.32. The van der Waals surface area contributed by atoms with E-state index in [-0.39, 0.29) is 46.9 Å². The molecule has 0 spiro atoms. The summed E-state index contributed by atoms with van der Waals surface area (Å²) in [4.78, 5) is 47.8. The molecule has 3 unspecified atom stereocenters. The molecule has 0 radical (unpaired) electrons. The van der Waals surface area contributed by atoms with Crippen LogP contribution in [0, 0.1) is 45.8 Å².